The summed E-state index contributed by atoms with van der Waals surface area (Å²) in [5.41, 5.74) is 0. The van der Waals surface area contributed by atoms with E-state index in [0.717, 1.165) is 12.8 Å². The van der Waals surface area contributed by atoms with E-state index in [2.05, 4.69) is 6.92 Å². The van der Waals surface area contributed by atoms with Crippen molar-refractivity contribution >= 4 is 5.97 Å². The van der Waals surface area contributed by atoms with E-state index < -0.39 is 0 Å². The van der Waals surface area contributed by atoms with Crippen LogP contribution in [-0.4, -0.2) is 52.7 Å². The highest BCUT2D eigenvalue weighted by atomic mass is 16.5. The lowest BCUT2D eigenvalue weighted by atomic mass is 10.0. The van der Waals surface area contributed by atoms with Crippen LogP contribution >= 0.6 is 0 Å². The average molecular weight is 445 g/mol. The maximum Gasteiger partial charge on any atom is 0.308 e. The van der Waals surface area contributed by atoms with Gasteiger partial charge in [-0.2, -0.15) is 0 Å². The SMILES string of the molecule is CCCCCCCCCCCCCCCCCCOC(=O)CCOCCOCCOC. The first-order chi connectivity index (χ1) is 15.3. The molecule has 0 amide bonds. The molecule has 0 saturated carbocycles. The van der Waals surface area contributed by atoms with Gasteiger partial charge in [-0.3, -0.25) is 4.79 Å². The summed E-state index contributed by atoms with van der Waals surface area (Å²) in [6.07, 6.45) is 21.9. The number of unbranched alkanes of at least 4 members (excludes halogenated alkanes) is 15. The summed E-state index contributed by atoms with van der Waals surface area (Å²) in [6, 6.07) is 0. The number of carbonyl (C=O) groups is 1. The molecule has 0 saturated heterocycles. The molecule has 0 rings (SSSR count). The minimum absolute atomic E-state index is 0.165. The van der Waals surface area contributed by atoms with E-state index in [4.69, 9.17) is 18.9 Å². The highest BCUT2D eigenvalue weighted by molar-refractivity contribution is 5.69. The summed E-state index contributed by atoms with van der Waals surface area (Å²) in [6.45, 7) is 5.39. The van der Waals surface area contributed by atoms with Crippen LogP contribution in [0.4, 0.5) is 0 Å². The van der Waals surface area contributed by atoms with Gasteiger partial charge in [0.05, 0.1) is 46.1 Å². The molecule has 186 valence electrons. The third-order valence-electron chi connectivity index (χ3n) is 5.52. The van der Waals surface area contributed by atoms with Crippen LogP contribution in [0.2, 0.25) is 0 Å². The van der Waals surface area contributed by atoms with Crippen LogP contribution in [0.1, 0.15) is 116 Å². The normalized spacial score (nSPS) is 11.2. The predicted molar refractivity (Wildman–Crippen MR) is 129 cm³/mol. The Balaban J connectivity index is 3.11. The fraction of sp³-hybridized carbons (Fsp3) is 0.962. The minimum Gasteiger partial charge on any atom is -0.466 e. The molecule has 0 fully saturated rings. The number of methoxy groups -OCH3 is 1. The molecule has 0 aromatic heterocycles. The Morgan fingerprint density at radius 1 is 0.516 bits per heavy atom. The van der Waals surface area contributed by atoms with Crippen molar-refractivity contribution in [3.8, 4) is 0 Å². The van der Waals surface area contributed by atoms with Gasteiger partial charge in [0.2, 0.25) is 0 Å². The summed E-state index contributed by atoms with van der Waals surface area (Å²) in [4.78, 5) is 11.6. The zero-order valence-electron chi connectivity index (χ0n) is 20.8. The minimum atomic E-state index is -0.165. The van der Waals surface area contributed by atoms with E-state index in [1.807, 2.05) is 0 Å². The molecule has 0 aromatic rings. The molecule has 0 radical (unpaired) electrons. The summed E-state index contributed by atoms with van der Waals surface area (Å²) in [5, 5.41) is 0. The van der Waals surface area contributed by atoms with Gasteiger partial charge in [0.1, 0.15) is 0 Å². The van der Waals surface area contributed by atoms with Gasteiger partial charge in [0.15, 0.2) is 0 Å². The van der Waals surface area contributed by atoms with Gasteiger partial charge >= 0.3 is 5.97 Å². The number of esters is 1. The van der Waals surface area contributed by atoms with Crippen molar-refractivity contribution in [1.29, 1.82) is 0 Å². The van der Waals surface area contributed by atoms with E-state index in [1.165, 1.54) is 89.9 Å². The highest BCUT2D eigenvalue weighted by Gasteiger charge is 2.02. The number of hydrogen-bond donors (Lipinski definition) is 0. The molecule has 0 aliphatic carbocycles. The molecule has 5 nitrogen and oxygen atoms in total. The van der Waals surface area contributed by atoms with Crippen molar-refractivity contribution in [2.45, 2.75) is 116 Å². The van der Waals surface area contributed by atoms with Crippen LogP contribution in [0.3, 0.4) is 0 Å². The molecule has 0 spiro atoms. The first kappa shape index (κ1) is 30.4. The molecule has 0 N–H and O–H groups in total. The van der Waals surface area contributed by atoms with Crippen molar-refractivity contribution in [3.05, 3.63) is 0 Å². The zero-order chi connectivity index (χ0) is 22.7. The molecule has 0 unspecified atom stereocenters. The summed E-state index contributed by atoms with van der Waals surface area (Å²) in [5.74, 6) is -0.165. The summed E-state index contributed by atoms with van der Waals surface area (Å²) >= 11 is 0. The van der Waals surface area contributed by atoms with Crippen LogP contribution in [0, 0.1) is 0 Å². The zero-order valence-corrected chi connectivity index (χ0v) is 20.8. The Hall–Kier alpha value is -0.650. The molecule has 0 heterocycles. The molecule has 0 bridgehead atoms. The topological polar surface area (TPSA) is 54.0 Å². The van der Waals surface area contributed by atoms with Gasteiger partial charge in [0.25, 0.3) is 0 Å². The standard InChI is InChI=1S/C26H52O5/c1-3-4-5-6-7-8-9-10-11-12-13-14-15-16-17-18-20-31-26(27)19-21-29-24-25-30-23-22-28-2/h3-25H2,1-2H3. The number of carbonyl (C=O) groups excluding carboxylic acids is 1. The molecule has 5 heteroatoms. The van der Waals surface area contributed by atoms with Gasteiger partial charge in [0, 0.05) is 7.11 Å². The lowest BCUT2D eigenvalue weighted by molar-refractivity contribution is -0.145. The maximum atomic E-state index is 11.6. The van der Waals surface area contributed by atoms with Gasteiger partial charge in [-0.05, 0) is 6.42 Å². The highest BCUT2D eigenvalue weighted by Crippen LogP contribution is 2.13. The first-order valence-electron chi connectivity index (χ1n) is 13.1. The third kappa shape index (κ3) is 27.3. The molecule has 0 atom stereocenters. The Labute approximate surface area is 192 Å². The fourth-order valence-electron chi connectivity index (χ4n) is 3.53. The van der Waals surface area contributed by atoms with Crippen molar-refractivity contribution in [1.82, 2.24) is 0 Å². The largest absolute Gasteiger partial charge is 0.466 e. The lowest BCUT2D eigenvalue weighted by Crippen LogP contribution is -2.12. The number of hydrogen-bond acceptors (Lipinski definition) is 5. The molecular formula is C26H52O5. The van der Waals surface area contributed by atoms with E-state index in [-0.39, 0.29) is 5.97 Å². The summed E-state index contributed by atoms with van der Waals surface area (Å²) < 4.78 is 20.8. The van der Waals surface area contributed by atoms with Gasteiger partial charge < -0.3 is 18.9 Å². The Kier molecular flexibility index (Phi) is 26.8. The van der Waals surface area contributed by atoms with E-state index >= 15 is 0 Å². The smallest absolute Gasteiger partial charge is 0.308 e. The molecule has 0 aromatic carbocycles. The quantitative estimate of drug-likeness (QED) is 0.108. The number of rotatable bonds is 26. The van der Waals surface area contributed by atoms with E-state index in [0.29, 0.717) is 46.1 Å². The number of ether oxygens (including phenoxy) is 4. The molecule has 0 aliphatic rings. The second kappa shape index (κ2) is 27.4. The lowest BCUT2D eigenvalue weighted by Gasteiger charge is -2.07. The summed E-state index contributed by atoms with van der Waals surface area (Å²) in [7, 11) is 1.64. The van der Waals surface area contributed by atoms with Crippen molar-refractivity contribution < 1.29 is 23.7 Å². The van der Waals surface area contributed by atoms with E-state index in [9.17, 15) is 4.79 Å². The van der Waals surface area contributed by atoms with Crippen molar-refractivity contribution in [2.75, 3.05) is 46.8 Å². The molecular weight excluding hydrogens is 392 g/mol. The monoisotopic (exact) mass is 444 g/mol. The second-order valence-corrected chi connectivity index (χ2v) is 8.49. The predicted octanol–water partition coefficient (Wildman–Crippen LogP) is 6.86. The molecule has 0 aliphatic heterocycles. The van der Waals surface area contributed by atoms with Gasteiger partial charge in [-0.25, -0.2) is 0 Å². The van der Waals surface area contributed by atoms with Crippen LogP contribution in [0.5, 0.6) is 0 Å². The van der Waals surface area contributed by atoms with Crippen molar-refractivity contribution in [3.63, 3.8) is 0 Å². The first-order valence-corrected chi connectivity index (χ1v) is 13.1. The second-order valence-electron chi connectivity index (χ2n) is 8.49. The van der Waals surface area contributed by atoms with Crippen LogP contribution in [0.15, 0.2) is 0 Å². The Bertz CT molecular complexity index is 349. The maximum absolute atomic E-state index is 11.6. The fourth-order valence-corrected chi connectivity index (χ4v) is 3.53. The van der Waals surface area contributed by atoms with Crippen LogP contribution in [0.25, 0.3) is 0 Å². The van der Waals surface area contributed by atoms with Gasteiger partial charge in [-0.1, -0.05) is 103 Å². The molecule has 31 heavy (non-hydrogen) atoms. The third-order valence-corrected chi connectivity index (χ3v) is 5.52. The Morgan fingerprint density at radius 3 is 1.42 bits per heavy atom. The van der Waals surface area contributed by atoms with Gasteiger partial charge in [-0.15, -0.1) is 0 Å². The van der Waals surface area contributed by atoms with Crippen molar-refractivity contribution in [2.24, 2.45) is 0 Å². The Morgan fingerprint density at radius 2 is 0.935 bits per heavy atom. The van der Waals surface area contributed by atoms with Crippen LogP contribution in [-0.2, 0) is 23.7 Å². The van der Waals surface area contributed by atoms with Crippen LogP contribution < -0.4 is 0 Å². The van der Waals surface area contributed by atoms with E-state index in [1.54, 1.807) is 7.11 Å². The average Bonchev–Trinajstić information content (AvgIpc) is 2.77.